The van der Waals surface area contributed by atoms with Crippen molar-refractivity contribution in [2.45, 2.75) is 51.1 Å². The van der Waals surface area contributed by atoms with E-state index in [1.807, 2.05) is 0 Å². The normalized spacial score (nSPS) is 33.9. The lowest BCUT2D eigenvalue weighted by atomic mass is 9.78. The van der Waals surface area contributed by atoms with Crippen molar-refractivity contribution in [2.75, 3.05) is 13.1 Å². The first kappa shape index (κ1) is 16.6. The molecule has 0 aromatic heterocycles. The van der Waals surface area contributed by atoms with E-state index in [-0.39, 0.29) is 6.42 Å². The van der Waals surface area contributed by atoms with Crippen LogP contribution in [0.4, 0.5) is 13.2 Å². The summed E-state index contributed by atoms with van der Waals surface area (Å²) in [5.41, 5.74) is 5.69. The molecule has 2 fully saturated rings. The maximum atomic E-state index is 13.0. The largest absolute Gasteiger partial charge is 0.392 e. The second kappa shape index (κ2) is 6.99. The summed E-state index contributed by atoms with van der Waals surface area (Å²) in [6, 6.07) is 0. The maximum absolute atomic E-state index is 13.0. The van der Waals surface area contributed by atoms with Crippen molar-refractivity contribution >= 4 is 5.91 Å². The molecule has 2 aliphatic rings. The lowest BCUT2D eigenvalue weighted by Crippen LogP contribution is -2.44. The summed E-state index contributed by atoms with van der Waals surface area (Å²) in [7, 11) is 0. The minimum atomic E-state index is -4.27. The van der Waals surface area contributed by atoms with Crippen LogP contribution in [0.25, 0.3) is 0 Å². The summed E-state index contributed by atoms with van der Waals surface area (Å²) in [5, 5.41) is 2.77. The fourth-order valence-corrected chi connectivity index (χ4v) is 3.89. The van der Waals surface area contributed by atoms with Gasteiger partial charge in [-0.15, -0.1) is 0 Å². The number of halogens is 3. The van der Waals surface area contributed by atoms with E-state index < -0.39 is 23.9 Å². The van der Waals surface area contributed by atoms with Crippen LogP contribution in [0, 0.1) is 23.7 Å². The van der Waals surface area contributed by atoms with Crippen LogP contribution in [-0.4, -0.2) is 25.2 Å². The van der Waals surface area contributed by atoms with Gasteiger partial charge >= 0.3 is 6.18 Å². The summed E-state index contributed by atoms with van der Waals surface area (Å²) in [6.45, 7) is 1.07. The highest BCUT2D eigenvalue weighted by molar-refractivity contribution is 5.79. The third-order valence-corrected chi connectivity index (χ3v) is 5.18. The number of alkyl halides is 3. The van der Waals surface area contributed by atoms with Gasteiger partial charge in [-0.2, -0.15) is 13.2 Å². The van der Waals surface area contributed by atoms with Gasteiger partial charge in [0.15, 0.2) is 0 Å². The lowest BCUT2D eigenvalue weighted by Gasteiger charge is -2.32. The minimum absolute atomic E-state index is 0.0798. The SMILES string of the molecule is NCC1CCCC1CNC(=O)C1CCCCC1C(F)(F)F. The summed E-state index contributed by atoms with van der Waals surface area (Å²) >= 11 is 0. The molecule has 122 valence electrons. The molecule has 0 radical (unpaired) electrons. The van der Waals surface area contributed by atoms with Gasteiger partial charge in [0, 0.05) is 12.5 Å². The molecule has 2 aliphatic carbocycles. The van der Waals surface area contributed by atoms with Crippen molar-refractivity contribution in [2.24, 2.45) is 29.4 Å². The molecule has 0 spiro atoms. The molecule has 3 nitrogen and oxygen atoms in total. The van der Waals surface area contributed by atoms with E-state index in [1.54, 1.807) is 0 Å². The molecule has 0 saturated heterocycles. The van der Waals surface area contributed by atoms with Gasteiger partial charge in [-0.1, -0.05) is 19.3 Å². The Morgan fingerprint density at radius 2 is 1.71 bits per heavy atom. The minimum Gasteiger partial charge on any atom is -0.356 e. The van der Waals surface area contributed by atoms with Gasteiger partial charge in [0.25, 0.3) is 0 Å². The zero-order valence-corrected chi connectivity index (χ0v) is 12.3. The molecule has 0 aliphatic heterocycles. The quantitative estimate of drug-likeness (QED) is 0.839. The van der Waals surface area contributed by atoms with Crippen molar-refractivity contribution < 1.29 is 18.0 Å². The molecular weight excluding hydrogens is 281 g/mol. The van der Waals surface area contributed by atoms with Crippen LogP contribution in [-0.2, 0) is 4.79 Å². The van der Waals surface area contributed by atoms with Crippen molar-refractivity contribution in [3.63, 3.8) is 0 Å². The second-order valence-corrected chi connectivity index (χ2v) is 6.47. The van der Waals surface area contributed by atoms with Crippen molar-refractivity contribution in [1.29, 1.82) is 0 Å². The van der Waals surface area contributed by atoms with Gasteiger partial charge in [-0.25, -0.2) is 0 Å². The number of hydrogen-bond donors (Lipinski definition) is 2. The first-order valence-electron chi connectivity index (χ1n) is 7.98. The molecule has 3 N–H and O–H groups in total. The van der Waals surface area contributed by atoms with E-state index in [2.05, 4.69) is 5.32 Å². The zero-order chi connectivity index (χ0) is 15.5. The van der Waals surface area contributed by atoms with Crippen molar-refractivity contribution in [3.8, 4) is 0 Å². The Kier molecular flexibility index (Phi) is 5.52. The highest BCUT2D eigenvalue weighted by Crippen LogP contribution is 2.41. The Hall–Kier alpha value is -0.780. The Balaban J connectivity index is 1.89. The third-order valence-electron chi connectivity index (χ3n) is 5.18. The third kappa shape index (κ3) is 4.11. The topological polar surface area (TPSA) is 55.1 Å². The Morgan fingerprint density at radius 3 is 2.38 bits per heavy atom. The molecule has 6 heteroatoms. The van der Waals surface area contributed by atoms with Crippen LogP contribution in [0.15, 0.2) is 0 Å². The van der Waals surface area contributed by atoms with E-state index >= 15 is 0 Å². The average molecular weight is 306 g/mol. The zero-order valence-electron chi connectivity index (χ0n) is 12.3. The maximum Gasteiger partial charge on any atom is 0.392 e. The fraction of sp³-hybridized carbons (Fsp3) is 0.933. The molecule has 0 aromatic rings. The highest BCUT2D eigenvalue weighted by Gasteiger charge is 2.48. The number of nitrogens with one attached hydrogen (secondary N) is 1. The van der Waals surface area contributed by atoms with E-state index in [4.69, 9.17) is 5.73 Å². The smallest absolute Gasteiger partial charge is 0.356 e. The number of rotatable bonds is 4. The lowest BCUT2D eigenvalue weighted by molar-refractivity contribution is -0.198. The highest BCUT2D eigenvalue weighted by atomic mass is 19.4. The molecule has 0 bridgehead atoms. The first-order valence-corrected chi connectivity index (χ1v) is 7.98. The predicted molar refractivity (Wildman–Crippen MR) is 74.4 cm³/mol. The van der Waals surface area contributed by atoms with Gasteiger partial charge in [-0.3, -0.25) is 4.79 Å². The van der Waals surface area contributed by atoms with Crippen LogP contribution in [0.3, 0.4) is 0 Å². The Bertz CT molecular complexity index is 359. The van der Waals surface area contributed by atoms with Crippen LogP contribution < -0.4 is 11.1 Å². The summed E-state index contributed by atoms with van der Waals surface area (Å²) in [6.07, 6.45) is 0.594. The summed E-state index contributed by atoms with van der Waals surface area (Å²) in [5.74, 6) is -2.07. The van der Waals surface area contributed by atoms with Crippen LogP contribution in [0.1, 0.15) is 44.9 Å². The molecule has 0 aromatic carbocycles. The molecule has 21 heavy (non-hydrogen) atoms. The number of hydrogen-bond acceptors (Lipinski definition) is 2. The first-order chi connectivity index (χ1) is 9.93. The fourth-order valence-electron chi connectivity index (χ4n) is 3.89. The monoisotopic (exact) mass is 306 g/mol. The van der Waals surface area contributed by atoms with E-state index in [1.165, 1.54) is 0 Å². The summed E-state index contributed by atoms with van der Waals surface area (Å²) in [4.78, 5) is 12.2. The van der Waals surface area contributed by atoms with Crippen molar-refractivity contribution in [3.05, 3.63) is 0 Å². The number of carbonyl (C=O) groups excluding carboxylic acids is 1. The molecule has 2 saturated carbocycles. The molecular formula is C15H25F3N2O. The van der Waals surface area contributed by atoms with E-state index in [0.717, 1.165) is 19.3 Å². The van der Waals surface area contributed by atoms with Gasteiger partial charge in [-0.05, 0) is 44.1 Å². The van der Waals surface area contributed by atoms with Gasteiger partial charge < -0.3 is 11.1 Å². The van der Waals surface area contributed by atoms with Gasteiger partial charge in [0.1, 0.15) is 0 Å². The Labute approximate surface area is 123 Å². The number of nitrogens with two attached hydrogens (primary N) is 1. The van der Waals surface area contributed by atoms with E-state index in [9.17, 15) is 18.0 Å². The van der Waals surface area contributed by atoms with Gasteiger partial charge in [0.2, 0.25) is 5.91 Å². The van der Waals surface area contributed by atoms with Crippen molar-refractivity contribution in [1.82, 2.24) is 5.32 Å². The van der Waals surface area contributed by atoms with Crippen LogP contribution >= 0.6 is 0 Å². The number of carbonyl (C=O) groups is 1. The second-order valence-electron chi connectivity index (χ2n) is 6.47. The van der Waals surface area contributed by atoms with Gasteiger partial charge in [0.05, 0.1) is 5.92 Å². The van der Waals surface area contributed by atoms with Crippen LogP contribution in [0.5, 0.6) is 0 Å². The average Bonchev–Trinajstić information content (AvgIpc) is 2.91. The summed E-state index contributed by atoms with van der Waals surface area (Å²) < 4.78 is 39.0. The molecule has 4 unspecified atom stereocenters. The standard InChI is InChI=1S/C15H25F3N2O/c16-15(17,18)13-7-2-1-6-12(13)14(21)20-9-11-5-3-4-10(11)8-19/h10-13H,1-9,19H2,(H,20,21). The number of amides is 1. The predicted octanol–water partition coefficient (Wildman–Crippen LogP) is 2.85. The Morgan fingerprint density at radius 1 is 1.05 bits per heavy atom. The van der Waals surface area contributed by atoms with Crippen LogP contribution in [0.2, 0.25) is 0 Å². The molecule has 0 heterocycles. The molecule has 2 rings (SSSR count). The van der Waals surface area contributed by atoms with E-state index in [0.29, 0.717) is 44.2 Å². The molecule has 1 amide bonds. The molecule has 4 atom stereocenters.